The van der Waals surface area contributed by atoms with E-state index < -0.39 is 23.8 Å². The first-order valence-corrected chi connectivity index (χ1v) is 7.28. The number of hydrogen-bond donors (Lipinski definition) is 1. The number of esters is 1. The minimum atomic E-state index is -1.03. The average Bonchev–Trinajstić information content (AvgIpc) is 2.52. The Morgan fingerprint density at radius 1 is 1.17 bits per heavy atom. The minimum Gasteiger partial charge on any atom is -0.449 e. The van der Waals surface area contributed by atoms with Gasteiger partial charge in [-0.15, -0.1) is 0 Å². The predicted octanol–water partition coefficient (Wildman–Crippen LogP) is 3.97. The monoisotopic (exact) mass is 335 g/mol. The van der Waals surface area contributed by atoms with Gasteiger partial charge in [-0.3, -0.25) is 4.79 Å². The number of hydrogen-bond acceptors (Lipinski definition) is 3. The SMILES string of the molecule is Cc1ccc(C(=O)O[C@H](C)C(=O)Nc2ccc(Cl)cc2)cc1F. The van der Waals surface area contributed by atoms with Crippen molar-refractivity contribution in [2.45, 2.75) is 20.0 Å². The van der Waals surface area contributed by atoms with Gasteiger partial charge in [0, 0.05) is 10.7 Å². The van der Waals surface area contributed by atoms with Gasteiger partial charge in [-0.05, 0) is 55.8 Å². The molecule has 0 radical (unpaired) electrons. The molecule has 120 valence electrons. The number of carbonyl (C=O) groups excluding carboxylic acids is 2. The number of amides is 1. The van der Waals surface area contributed by atoms with Gasteiger partial charge in [0.05, 0.1) is 5.56 Å². The summed E-state index contributed by atoms with van der Waals surface area (Å²) in [7, 11) is 0. The number of nitrogens with one attached hydrogen (secondary N) is 1. The molecule has 23 heavy (non-hydrogen) atoms. The fourth-order valence-corrected chi connectivity index (χ4v) is 1.91. The van der Waals surface area contributed by atoms with Crippen molar-refractivity contribution in [2.24, 2.45) is 0 Å². The summed E-state index contributed by atoms with van der Waals surface area (Å²) in [6, 6.07) is 10.5. The largest absolute Gasteiger partial charge is 0.449 e. The molecule has 1 atom stereocenters. The van der Waals surface area contributed by atoms with Crippen LogP contribution in [0.5, 0.6) is 0 Å². The Bertz CT molecular complexity index is 731. The second-order valence-corrected chi connectivity index (χ2v) is 5.44. The van der Waals surface area contributed by atoms with Crippen LogP contribution in [0, 0.1) is 12.7 Å². The van der Waals surface area contributed by atoms with Crippen LogP contribution >= 0.6 is 11.6 Å². The molecule has 2 rings (SSSR count). The van der Waals surface area contributed by atoms with Crippen molar-refractivity contribution in [3.63, 3.8) is 0 Å². The summed E-state index contributed by atoms with van der Waals surface area (Å²) in [5.74, 6) is -1.76. The first-order chi connectivity index (χ1) is 10.9. The topological polar surface area (TPSA) is 55.4 Å². The van der Waals surface area contributed by atoms with Crippen LogP contribution in [-0.4, -0.2) is 18.0 Å². The third kappa shape index (κ3) is 4.53. The van der Waals surface area contributed by atoms with Crippen molar-refractivity contribution in [1.29, 1.82) is 0 Å². The van der Waals surface area contributed by atoms with Gasteiger partial charge in [0.15, 0.2) is 6.10 Å². The second-order valence-electron chi connectivity index (χ2n) is 5.01. The molecule has 0 heterocycles. The van der Waals surface area contributed by atoms with Crippen LogP contribution in [0.15, 0.2) is 42.5 Å². The van der Waals surface area contributed by atoms with Crippen molar-refractivity contribution in [3.05, 3.63) is 64.4 Å². The third-order valence-corrected chi connectivity index (χ3v) is 3.42. The highest BCUT2D eigenvalue weighted by molar-refractivity contribution is 6.30. The summed E-state index contributed by atoms with van der Waals surface area (Å²) in [4.78, 5) is 23.9. The zero-order valence-electron chi connectivity index (χ0n) is 12.6. The second kappa shape index (κ2) is 7.24. The first kappa shape index (κ1) is 17.0. The van der Waals surface area contributed by atoms with E-state index in [-0.39, 0.29) is 5.56 Å². The molecule has 0 aromatic heterocycles. The summed E-state index contributed by atoms with van der Waals surface area (Å²) in [5, 5.41) is 3.14. The molecule has 0 saturated heterocycles. The molecule has 0 fully saturated rings. The Labute approximate surface area is 138 Å². The van der Waals surface area contributed by atoms with Gasteiger partial charge in [0.1, 0.15) is 5.82 Å². The smallest absolute Gasteiger partial charge is 0.339 e. The molecule has 0 aliphatic carbocycles. The van der Waals surface area contributed by atoms with Crippen molar-refractivity contribution < 1.29 is 18.7 Å². The lowest BCUT2D eigenvalue weighted by Gasteiger charge is -2.14. The minimum absolute atomic E-state index is 0.0549. The Morgan fingerprint density at radius 3 is 2.43 bits per heavy atom. The maximum absolute atomic E-state index is 13.5. The lowest BCUT2D eigenvalue weighted by molar-refractivity contribution is -0.123. The van der Waals surface area contributed by atoms with E-state index in [1.807, 2.05) is 0 Å². The van der Waals surface area contributed by atoms with Crippen LogP contribution in [0.2, 0.25) is 5.02 Å². The Hall–Kier alpha value is -2.40. The Kier molecular flexibility index (Phi) is 5.34. The number of halogens is 2. The van der Waals surface area contributed by atoms with Crippen molar-refractivity contribution in [1.82, 2.24) is 0 Å². The molecule has 0 spiro atoms. The van der Waals surface area contributed by atoms with E-state index in [1.165, 1.54) is 19.1 Å². The molecule has 0 aliphatic rings. The molecule has 0 bridgehead atoms. The molecule has 4 nitrogen and oxygen atoms in total. The normalized spacial score (nSPS) is 11.7. The van der Waals surface area contributed by atoms with E-state index in [9.17, 15) is 14.0 Å². The lowest BCUT2D eigenvalue weighted by atomic mass is 10.1. The highest BCUT2D eigenvalue weighted by Crippen LogP contribution is 2.15. The van der Waals surface area contributed by atoms with Gasteiger partial charge in [-0.2, -0.15) is 0 Å². The predicted molar refractivity (Wildman–Crippen MR) is 86.1 cm³/mol. The van der Waals surface area contributed by atoms with Gasteiger partial charge < -0.3 is 10.1 Å². The van der Waals surface area contributed by atoms with Crippen LogP contribution in [0.25, 0.3) is 0 Å². The quantitative estimate of drug-likeness (QED) is 0.860. The van der Waals surface area contributed by atoms with E-state index in [0.29, 0.717) is 16.3 Å². The molecule has 2 aromatic carbocycles. The summed E-state index contributed by atoms with van der Waals surface area (Å²) in [6.07, 6.45) is -1.03. The third-order valence-electron chi connectivity index (χ3n) is 3.17. The summed E-state index contributed by atoms with van der Waals surface area (Å²) >= 11 is 5.76. The fourth-order valence-electron chi connectivity index (χ4n) is 1.78. The molecular weight excluding hydrogens is 321 g/mol. The fraction of sp³-hybridized carbons (Fsp3) is 0.176. The van der Waals surface area contributed by atoms with E-state index in [2.05, 4.69) is 5.32 Å². The lowest BCUT2D eigenvalue weighted by Crippen LogP contribution is -2.30. The molecule has 2 aromatic rings. The van der Waals surface area contributed by atoms with Gasteiger partial charge in [-0.1, -0.05) is 17.7 Å². The Morgan fingerprint density at radius 2 is 1.83 bits per heavy atom. The number of aryl methyl sites for hydroxylation is 1. The van der Waals surface area contributed by atoms with Crippen LogP contribution in [0.4, 0.5) is 10.1 Å². The van der Waals surface area contributed by atoms with E-state index >= 15 is 0 Å². The maximum atomic E-state index is 13.5. The van der Waals surface area contributed by atoms with Crippen molar-refractivity contribution >= 4 is 29.2 Å². The van der Waals surface area contributed by atoms with Crippen LogP contribution in [0.1, 0.15) is 22.8 Å². The maximum Gasteiger partial charge on any atom is 0.339 e. The number of carbonyl (C=O) groups is 2. The highest BCUT2D eigenvalue weighted by atomic mass is 35.5. The molecule has 1 amide bonds. The molecular formula is C17H15ClFNO3. The molecule has 0 saturated carbocycles. The Balaban J connectivity index is 1.98. The van der Waals surface area contributed by atoms with Crippen molar-refractivity contribution in [2.75, 3.05) is 5.32 Å². The van der Waals surface area contributed by atoms with Gasteiger partial charge in [0.25, 0.3) is 5.91 Å². The van der Waals surface area contributed by atoms with Gasteiger partial charge in [0.2, 0.25) is 0 Å². The molecule has 0 unspecified atom stereocenters. The summed E-state index contributed by atoms with van der Waals surface area (Å²) in [5.41, 5.74) is 1.01. The molecule has 0 aliphatic heterocycles. The number of rotatable bonds is 4. The zero-order chi connectivity index (χ0) is 17.0. The highest BCUT2D eigenvalue weighted by Gasteiger charge is 2.19. The van der Waals surface area contributed by atoms with E-state index in [4.69, 9.17) is 16.3 Å². The first-order valence-electron chi connectivity index (χ1n) is 6.90. The van der Waals surface area contributed by atoms with E-state index in [1.54, 1.807) is 31.2 Å². The zero-order valence-corrected chi connectivity index (χ0v) is 13.4. The average molecular weight is 336 g/mol. The number of benzene rings is 2. The molecule has 6 heteroatoms. The van der Waals surface area contributed by atoms with Crippen LogP contribution < -0.4 is 5.32 Å². The summed E-state index contributed by atoms with van der Waals surface area (Å²) in [6.45, 7) is 3.03. The van der Waals surface area contributed by atoms with Crippen LogP contribution in [-0.2, 0) is 9.53 Å². The van der Waals surface area contributed by atoms with E-state index in [0.717, 1.165) is 6.07 Å². The molecule has 1 N–H and O–H groups in total. The van der Waals surface area contributed by atoms with Gasteiger partial charge >= 0.3 is 5.97 Å². The summed E-state index contributed by atoms with van der Waals surface area (Å²) < 4.78 is 18.5. The van der Waals surface area contributed by atoms with Gasteiger partial charge in [-0.25, -0.2) is 9.18 Å². The number of ether oxygens (including phenoxy) is 1. The standard InChI is InChI=1S/C17H15ClFNO3/c1-10-3-4-12(9-15(10)19)17(22)23-11(2)16(21)20-14-7-5-13(18)6-8-14/h3-9,11H,1-2H3,(H,20,21)/t11-/m1/s1. The number of anilines is 1. The van der Waals surface area contributed by atoms with Crippen LogP contribution in [0.3, 0.4) is 0 Å². The van der Waals surface area contributed by atoms with Crippen molar-refractivity contribution in [3.8, 4) is 0 Å².